The molecule has 3 N–H and O–H groups in total. The Morgan fingerprint density at radius 1 is 1.11 bits per heavy atom. The predicted octanol–water partition coefficient (Wildman–Crippen LogP) is 1.49. The van der Waals surface area contributed by atoms with E-state index in [1.54, 1.807) is 0 Å². The number of amides is 1. The van der Waals surface area contributed by atoms with Crippen molar-refractivity contribution in [1.82, 2.24) is 10.2 Å². The fraction of sp³-hybridized carbons (Fsp3) is 0.933. The van der Waals surface area contributed by atoms with Gasteiger partial charge in [0.1, 0.15) is 0 Å². The van der Waals surface area contributed by atoms with E-state index in [0.29, 0.717) is 12.0 Å². The van der Waals surface area contributed by atoms with E-state index in [-0.39, 0.29) is 11.4 Å². The van der Waals surface area contributed by atoms with Gasteiger partial charge in [-0.05, 0) is 59.3 Å². The third-order valence-electron chi connectivity index (χ3n) is 4.69. The van der Waals surface area contributed by atoms with Crippen LogP contribution < -0.4 is 11.1 Å². The summed E-state index contributed by atoms with van der Waals surface area (Å²) in [7, 11) is 0. The lowest BCUT2D eigenvalue weighted by atomic mass is 9.93. The maximum atomic E-state index is 12.2. The summed E-state index contributed by atoms with van der Waals surface area (Å²) in [6, 6.07) is 0.299. The highest BCUT2D eigenvalue weighted by Gasteiger charge is 2.44. The van der Waals surface area contributed by atoms with Gasteiger partial charge in [-0.1, -0.05) is 0 Å². The van der Waals surface area contributed by atoms with Crippen molar-refractivity contribution in [1.29, 1.82) is 0 Å². The summed E-state index contributed by atoms with van der Waals surface area (Å²) in [4.78, 5) is 14.7. The number of likely N-dealkylation sites (tertiary alicyclic amines) is 1. The van der Waals surface area contributed by atoms with E-state index in [1.807, 2.05) is 6.92 Å². The first-order valence-electron chi connectivity index (χ1n) is 7.56. The Kier molecular flexibility index (Phi) is 3.94. The van der Waals surface area contributed by atoms with Crippen LogP contribution in [-0.2, 0) is 4.79 Å². The Labute approximate surface area is 117 Å². The molecule has 1 aliphatic heterocycles. The number of piperidine rings is 1. The zero-order chi connectivity index (χ0) is 14.3. The molecule has 0 radical (unpaired) electrons. The molecule has 1 amide bonds. The van der Waals surface area contributed by atoms with Crippen molar-refractivity contribution < 1.29 is 4.79 Å². The first kappa shape index (κ1) is 14.8. The fourth-order valence-corrected chi connectivity index (χ4v) is 2.90. The van der Waals surface area contributed by atoms with E-state index < -0.39 is 5.54 Å². The van der Waals surface area contributed by atoms with Gasteiger partial charge in [0.2, 0.25) is 5.91 Å². The first-order chi connectivity index (χ1) is 8.71. The minimum Gasteiger partial charge on any atom is -0.352 e. The molecular weight excluding hydrogens is 238 g/mol. The molecule has 1 saturated carbocycles. The highest BCUT2D eigenvalue weighted by Crippen LogP contribution is 2.38. The van der Waals surface area contributed by atoms with Gasteiger partial charge in [0.15, 0.2) is 0 Å². The van der Waals surface area contributed by atoms with E-state index in [2.05, 4.69) is 31.0 Å². The van der Waals surface area contributed by atoms with Gasteiger partial charge in [-0.25, -0.2) is 0 Å². The molecular formula is C15H29N3O. The molecule has 2 fully saturated rings. The van der Waals surface area contributed by atoms with Gasteiger partial charge < -0.3 is 11.1 Å². The van der Waals surface area contributed by atoms with Crippen LogP contribution in [0.2, 0.25) is 0 Å². The summed E-state index contributed by atoms with van der Waals surface area (Å²) in [5.74, 6) is 0.436. The van der Waals surface area contributed by atoms with Gasteiger partial charge in [-0.3, -0.25) is 9.69 Å². The monoisotopic (exact) mass is 267 g/mol. The Morgan fingerprint density at radius 2 is 1.63 bits per heavy atom. The summed E-state index contributed by atoms with van der Waals surface area (Å²) in [5.41, 5.74) is 5.72. The summed E-state index contributed by atoms with van der Waals surface area (Å²) in [5, 5.41) is 3.16. The van der Waals surface area contributed by atoms with Gasteiger partial charge in [0, 0.05) is 24.7 Å². The second-order valence-corrected chi connectivity index (χ2v) is 7.46. The molecule has 2 rings (SSSR count). The van der Waals surface area contributed by atoms with Gasteiger partial charge in [-0.15, -0.1) is 0 Å². The smallest absolute Gasteiger partial charge is 0.240 e. The molecule has 110 valence electrons. The van der Waals surface area contributed by atoms with Crippen LogP contribution in [0.15, 0.2) is 0 Å². The van der Waals surface area contributed by atoms with E-state index in [1.165, 1.54) is 0 Å². The molecule has 1 heterocycles. The zero-order valence-electron chi connectivity index (χ0n) is 12.8. The molecule has 1 saturated heterocycles. The Bertz CT molecular complexity index is 334. The number of hydrogen-bond donors (Lipinski definition) is 2. The second-order valence-electron chi connectivity index (χ2n) is 7.46. The van der Waals surface area contributed by atoms with Crippen LogP contribution in [0.25, 0.3) is 0 Å². The lowest BCUT2D eigenvalue weighted by molar-refractivity contribution is -0.127. The largest absolute Gasteiger partial charge is 0.352 e. The molecule has 0 aromatic heterocycles. The molecule has 0 bridgehead atoms. The van der Waals surface area contributed by atoms with E-state index in [9.17, 15) is 4.79 Å². The van der Waals surface area contributed by atoms with Crippen LogP contribution in [0.4, 0.5) is 0 Å². The quantitative estimate of drug-likeness (QED) is 0.814. The molecule has 1 atom stereocenters. The Balaban J connectivity index is 1.81. The fourth-order valence-electron chi connectivity index (χ4n) is 2.90. The molecule has 0 spiro atoms. The molecule has 4 heteroatoms. The maximum Gasteiger partial charge on any atom is 0.240 e. The number of hydrogen-bond acceptors (Lipinski definition) is 3. The van der Waals surface area contributed by atoms with Gasteiger partial charge in [0.25, 0.3) is 0 Å². The van der Waals surface area contributed by atoms with Crippen molar-refractivity contribution >= 4 is 5.91 Å². The third-order valence-corrected chi connectivity index (χ3v) is 4.69. The molecule has 0 aromatic rings. The minimum atomic E-state index is -0.666. The summed E-state index contributed by atoms with van der Waals surface area (Å²) in [6.07, 6.45) is 4.26. The highest BCUT2D eigenvalue weighted by atomic mass is 16.2. The first-order valence-corrected chi connectivity index (χ1v) is 7.56. The maximum absolute atomic E-state index is 12.2. The average Bonchev–Trinajstić information content (AvgIpc) is 3.12. The van der Waals surface area contributed by atoms with Crippen LogP contribution in [0.5, 0.6) is 0 Å². The van der Waals surface area contributed by atoms with Crippen molar-refractivity contribution in [2.24, 2.45) is 11.7 Å². The number of nitrogens with one attached hydrogen (secondary N) is 1. The molecule has 1 aliphatic carbocycles. The molecule has 1 unspecified atom stereocenters. The Hall–Kier alpha value is -0.610. The van der Waals surface area contributed by atoms with E-state index >= 15 is 0 Å². The topological polar surface area (TPSA) is 58.4 Å². The summed E-state index contributed by atoms with van der Waals surface area (Å²) in [6.45, 7) is 10.7. The average molecular weight is 267 g/mol. The van der Waals surface area contributed by atoms with Crippen LogP contribution in [-0.4, -0.2) is 41.0 Å². The van der Waals surface area contributed by atoms with Crippen molar-refractivity contribution in [3.05, 3.63) is 0 Å². The second kappa shape index (κ2) is 5.06. The molecule has 0 aromatic carbocycles. The van der Waals surface area contributed by atoms with Crippen molar-refractivity contribution in [3.63, 3.8) is 0 Å². The number of nitrogens with zero attached hydrogens (tertiary/aromatic N) is 1. The van der Waals surface area contributed by atoms with Crippen molar-refractivity contribution in [2.75, 3.05) is 13.1 Å². The zero-order valence-corrected chi connectivity index (χ0v) is 12.8. The normalized spacial score (nSPS) is 25.9. The third kappa shape index (κ3) is 3.48. The SMILES string of the molecule is CC(N)(C(=O)NC1CCN(C(C)(C)C)CC1)C1CC1. The molecule has 19 heavy (non-hydrogen) atoms. The predicted molar refractivity (Wildman–Crippen MR) is 77.8 cm³/mol. The van der Waals surface area contributed by atoms with Gasteiger partial charge >= 0.3 is 0 Å². The molecule has 2 aliphatic rings. The minimum absolute atomic E-state index is 0.0456. The summed E-state index contributed by atoms with van der Waals surface area (Å²) >= 11 is 0. The number of carbonyl (C=O) groups excluding carboxylic acids is 1. The van der Waals surface area contributed by atoms with Crippen LogP contribution >= 0.6 is 0 Å². The Morgan fingerprint density at radius 3 is 2.05 bits per heavy atom. The van der Waals surface area contributed by atoms with Crippen LogP contribution in [0.3, 0.4) is 0 Å². The molecule has 4 nitrogen and oxygen atoms in total. The lowest BCUT2D eigenvalue weighted by Gasteiger charge is -2.41. The van der Waals surface area contributed by atoms with E-state index in [0.717, 1.165) is 38.8 Å². The number of rotatable bonds is 3. The van der Waals surface area contributed by atoms with Crippen molar-refractivity contribution in [3.8, 4) is 0 Å². The van der Waals surface area contributed by atoms with Gasteiger partial charge in [0.05, 0.1) is 5.54 Å². The highest BCUT2D eigenvalue weighted by molar-refractivity contribution is 5.86. The number of nitrogens with two attached hydrogens (primary N) is 1. The van der Waals surface area contributed by atoms with Crippen molar-refractivity contribution in [2.45, 2.75) is 70.5 Å². The summed E-state index contributed by atoms with van der Waals surface area (Å²) < 4.78 is 0. The number of carbonyl (C=O) groups is 1. The van der Waals surface area contributed by atoms with Crippen LogP contribution in [0.1, 0.15) is 53.4 Å². The lowest BCUT2D eigenvalue weighted by Crippen LogP contribution is -2.58. The van der Waals surface area contributed by atoms with E-state index in [4.69, 9.17) is 5.73 Å². The van der Waals surface area contributed by atoms with Gasteiger partial charge in [-0.2, -0.15) is 0 Å². The standard InChI is InChI=1S/C15H29N3O/c1-14(2,3)18-9-7-12(8-10-18)17-13(19)15(4,16)11-5-6-11/h11-12H,5-10,16H2,1-4H3,(H,17,19). The van der Waals surface area contributed by atoms with Crippen LogP contribution in [0, 0.1) is 5.92 Å².